The van der Waals surface area contributed by atoms with Crippen LogP contribution in [0.3, 0.4) is 0 Å². The number of hydrogen-bond acceptors (Lipinski definition) is 2. The average molecular weight is 249 g/mol. The normalized spacial score (nSPS) is 11.2. The standard InChI is InChI=1S/C16H15N3/c1-12-15(14-9-5-6-10-16(14)18-12)11-17-19-13-7-3-2-4-8-13/h2-11,18-19H,1H3/b17-11+. The molecule has 3 nitrogen and oxygen atoms in total. The number of fused-ring (bicyclic) bond motifs is 1. The van der Waals surface area contributed by atoms with Crippen LogP contribution in [0.5, 0.6) is 0 Å². The molecular weight excluding hydrogens is 234 g/mol. The minimum absolute atomic E-state index is 0.983. The SMILES string of the molecule is Cc1[nH]c2ccccc2c1/C=N/Nc1ccccc1. The molecule has 0 fully saturated rings. The number of aryl methyl sites for hydroxylation is 1. The predicted molar refractivity (Wildman–Crippen MR) is 80.7 cm³/mol. The number of nitrogens with zero attached hydrogens (tertiary/aromatic N) is 1. The molecule has 3 aromatic rings. The zero-order chi connectivity index (χ0) is 13.1. The lowest BCUT2D eigenvalue weighted by Gasteiger charge is -1.98. The van der Waals surface area contributed by atoms with Gasteiger partial charge in [0.25, 0.3) is 0 Å². The third-order valence-electron chi connectivity index (χ3n) is 3.10. The van der Waals surface area contributed by atoms with E-state index < -0.39 is 0 Å². The van der Waals surface area contributed by atoms with E-state index in [0.717, 1.165) is 22.5 Å². The number of benzene rings is 2. The zero-order valence-corrected chi connectivity index (χ0v) is 10.7. The van der Waals surface area contributed by atoms with Crippen molar-refractivity contribution in [2.45, 2.75) is 6.92 Å². The molecule has 0 aliphatic rings. The highest BCUT2D eigenvalue weighted by Crippen LogP contribution is 2.20. The summed E-state index contributed by atoms with van der Waals surface area (Å²) < 4.78 is 0. The predicted octanol–water partition coefficient (Wildman–Crippen LogP) is 3.92. The summed E-state index contributed by atoms with van der Waals surface area (Å²) in [6.07, 6.45) is 1.86. The van der Waals surface area contributed by atoms with Crippen LogP contribution < -0.4 is 5.43 Å². The van der Waals surface area contributed by atoms with E-state index in [2.05, 4.69) is 34.6 Å². The zero-order valence-electron chi connectivity index (χ0n) is 10.7. The van der Waals surface area contributed by atoms with Crippen LogP contribution in [-0.4, -0.2) is 11.2 Å². The van der Waals surface area contributed by atoms with Gasteiger partial charge in [-0.15, -0.1) is 0 Å². The van der Waals surface area contributed by atoms with E-state index in [1.165, 1.54) is 5.39 Å². The molecule has 3 rings (SSSR count). The van der Waals surface area contributed by atoms with Crippen molar-refractivity contribution >= 4 is 22.8 Å². The first-order valence-electron chi connectivity index (χ1n) is 6.26. The van der Waals surface area contributed by atoms with Gasteiger partial charge in [0, 0.05) is 22.2 Å². The number of hydrazone groups is 1. The minimum Gasteiger partial charge on any atom is -0.358 e. The number of hydrogen-bond donors (Lipinski definition) is 2. The Morgan fingerprint density at radius 3 is 2.58 bits per heavy atom. The molecule has 0 atom stereocenters. The first kappa shape index (κ1) is 11.5. The van der Waals surface area contributed by atoms with Crippen molar-refractivity contribution in [2.75, 3.05) is 5.43 Å². The quantitative estimate of drug-likeness (QED) is 0.536. The molecular formula is C16H15N3. The molecule has 1 aromatic heterocycles. The highest BCUT2D eigenvalue weighted by Gasteiger charge is 2.04. The Kier molecular flexibility index (Phi) is 3.02. The van der Waals surface area contributed by atoms with Gasteiger partial charge in [-0.1, -0.05) is 36.4 Å². The lowest BCUT2D eigenvalue weighted by Crippen LogP contribution is -1.90. The van der Waals surface area contributed by atoms with Crippen LogP contribution in [0.1, 0.15) is 11.3 Å². The van der Waals surface area contributed by atoms with Gasteiger partial charge in [-0.25, -0.2) is 0 Å². The molecule has 94 valence electrons. The molecule has 0 aliphatic heterocycles. The number of rotatable bonds is 3. The molecule has 3 heteroatoms. The van der Waals surface area contributed by atoms with Crippen LogP contribution in [0, 0.1) is 6.92 Å². The second kappa shape index (κ2) is 4.98. The fraction of sp³-hybridized carbons (Fsp3) is 0.0625. The number of nitrogens with one attached hydrogen (secondary N) is 2. The van der Waals surface area contributed by atoms with Gasteiger partial charge < -0.3 is 4.98 Å². The van der Waals surface area contributed by atoms with E-state index >= 15 is 0 Å². The van der Waals surface area contributed by atoms with Gasteiger partial charge in [-0.2, -0.15) is 5.10 Å². The smallest absolute Gasteiger partial charge is 0.0568 e. The molecule has 0 saturated heterocycles. The Balaban J connectivity index is 1.87. The topological polar surface area (TPSA) is 40.2 Å². The van der Waals surface area contributed by atoms with Crippen LogP contribution in [-0.2, 0) is 0 Å². The van der Waals surface area contributed by atoms with Crippen molar-refractivity contribution in [3.63, 3.8) is 0 Å². The Morgan fingerprint density at radius 2 is 1.74 bits per heavy atom. The van der Waals surface area contributed by atoms with Gasteiger partial charge in [-0.05, 0) is 25.1 Å². The minimum atomic E-state index is 0.983. The molecule has 0 unspecified atom stereocenters. The molecule has 1 heterocycles. The molecule has 0 spiro atoms. The second-order valence-corrected chi connectivity index (χ2v) is 4.45. The number of anilines is 1. The molecule has 2 N–H and O–H groups in total. The van der Waals surface area contributed by atoms with Crippen LogP contribution in [0.4, 0.5) is 5.69 Å². The monoisotopic (exact) mass is 249 g/mol. The Labute approximate surface area is 112 Å². The largest absolute Gasteiger partial charge is 0.358 e. The summed E-state index contributed by atoms with van der Waals surface area (Å²) >= 11 is 0. The maximum absolute atomic E-state index is 4.30. The maximum Gasteiger partial charge on any atom is 0.0568 e. The Morgan fingerprint density at radius 1 is 1.00 bits per heavy atom. The molecule has 2 aromatic carbocycles. The maximum atomic E-state index is 4.30. The second-order valence-electron chi connectivity index (χ2n) is 4.45. The lowest BCUT2D eigenvalue weighted by molar-refractivity contribution is 1.28. The van der Waals surface area contributed by atoms with Crippen molar-refractivity contribution in [3.05, 3.63) is 65.9 Å². The summed E-state index contributed by atoms with van der Waals surface area (Å²) in [5.74, 6) is 0. The number of para-hydroxylation sites is 2. The molecule has 0 bridgehead atoms. The summed E-state index contributed by atoms with van der Waals surface area (Å²) in [6.45, 7) is 2.06. The Hall–Kier alpha value is -2.55. The highest BCUT2D eigenvalue weighted by molar-refractivity contribution is 6.00. The van der Waals surface area contributed by atoms with Crippen molar-refractivity contribution in [1.82, 2.24) is 4.98 Å². The van der Waals surface area contributed by atoms with E-state index in [-0.39, 0.29) is 0 Å². The number of aromatic amines is 1. The van der Waals surface area contributed by atoms with Crippen LogP contribution >= 0.6 is 0 Å². The van der Waals surface area contributed by atoms with E-state index in [9.17, 15) is 0 Å². The van der Waals surface area contributed by atoms with Crippen molar-refractivity contribution in [3.8, 4) is 0 Å². The van der Waals surface area contributed by atoms with E-state index in [4.69, 9.17) is 0 Å². The summed E-state index contributed by atoms with van der Waals surface area (Å²) in [5, 5.41) is 5.49. The van der Waals surface area contributed by atoms with Crippen LogP contribution in [0.2, 0.25) is 0 Å². The average Bonchev–Trinajstić information content (AvgIpc) is 2.76. The van der Waals surface area contributed by atoms with Gasteiger partial charge >= 0.3 is 0 Å². The van der Waals surface area contributed by atoms with E-state index in [1.54, 1.807) is 0 Å². The molecule has 0 aliphatic carbocycles. The molecule has 0 saturated carbocycles. The van der Waals surface area contributed by atoms with Crippen molar-refractivity contribution < 1.29 is 0 Å². The van der Waals surface area contributed by atoms with Gasteiger partial charge in [-0.3, -0.25) is 5.43 Å². The summed E-state index contributed by atoms with van der Waals surface area (Å²) in [4.78, 5) is 3.36. The first-order chi connectivity index (χ1) is 9.34. The molecule has 0 radical (unpaired) electrons. The van der Waals surface area contributed by atoms with E-state index in [1.807, 2.05) is 48.7 Å². The molecule has 19 heavy (non-hydrogen) atoms. The molecule has 0 amide bonds. The van der Waals surface area contributed by atoms with Gasteiger partial charge in [0.1, 0.15) is 0 Å². The Bertz CT molecular complexity index is 711. The summed E-state index contributed by atoms with van der Waals surface area (Å²) in [6, 6.07) is 18.2. The fourth-order valence-electron chi connectivity index (χ4n) is 2.15. The lowest BCUT2D eigenvalue weighted by atomic mass is 10.1. The van der Waals surface area contributed by atoms with Gasteiger partial charge in [0.05, 0.1) is 11.9 Å². The number of aromatic nitrogens is 1. The third-order valence-corrected chi connectivity index (χ3v) is 3.10. The highest BCUT2D eigenvalue weighted by atomic mass is 15.3. The van der Waals surface area contributed by atoms with Crippen LogP contribution in [0.25, 0.3) is 10.9 Å². The van der Waals surface area contributed by atoms with Crippen LogP contribution in [0.15, 0.2) is 59.7 Å². The first-order valence-corrected chi connectivity index (χ1v) is 6.26. The van der Waals surface area contributed by atoms with Crippen molar-refractivity contribution in [1.29, 1.82) is 0 Å². The van der Waals surface area contributed by atoms with E-state index in [0.29, 0.717) is 0 Å². The summed E-state index contributed by atoms with van der Waals surface area (Å²) in [5.41, 5.74) is 7.40. The van der Waals surface area contributed by atoms with Gasteiger partial charge in [0.2, 0.25) is 0 Å². The third kappa shape index (κ3) is 2.36. The van der Waals surface area contributed by atoms with Crippen molar-refractivity contribution in [2.24, 2.45) is 5.10 Å². The fourth-order valence-corrected chi connectivity index (χ4v) is 2.15. The number of H-pyrrole nitrogens is 1. The summed E-state index contributed by atoms with van der Waals surface area (Å²) in [7, 11) is 0. The van der Waals surface area contributed by atoms with Gasteiger partial charge in [0.15, 0.2) is 0 Å².